The first-order chi connectivity index (χ1) is 53.8. The van der Waals surface area contributed by atoms with Crippen molar-refractivity contribution in [2.24, 2.45) is 17.6 Å². The largest absolute Gasteiger partial charge is 0.534 e. The number of Topliss-reactive ketones (excluding diaryl/α,β-unsaturated/α-hetero) is 3. The van der Waals surface area contributed by atoms with Crippen LogP contribution in [0.1, 0.15) is 177 Å². The van der Waals surface area contributed by atoms with Gasteiger partial charge in [-0.15, -0.1) is 11.6 Å². The Morgan fingerprint density at radius 2 is 1.41 bits per heavy atom. The van der Waals surface area contributed by atoms with Crippen molar-refractivity contribution >= 4 is 70.1 Å². The molecule has 0 aromatic heterocycles. The number of amides is 5. The number of carbonyl (C=O) groups is 8. The number of ether oxygens (including phenoxy) is 6. The molecule has 5 aromatic carbocycles. The molecule has 0 aliphatic carbocycles. The first kappa shape index (κ1) is 93.0. The van der Waals surface area contributed by atoms with E-state index in [1.807, 2.05) is 13.8 Å². The Labute approximate surface area is 701 Å². The van der Waals surface area contributed by atoms with Gasteiger partial charge in [0.15, 0.2) is 41.2 Å². The van der Waals surface area contributed by atoms with Crippen molar-refractivity contribution < 1.29 is 146 Å². The topological polar surface area (TPSA) is 496 Å². The van der Waals surface area contributed by atoms with E-state index in [4.69, 9.17) is 57.4 Å². The monoisotopic (exact) mass is 1720 g/mol. The van der Waals surface area contributed by atoms with Crippen molar-refractivity contribution in [1.82, 2.24) is 37.2 Å². The molecule has 7 aliphatic heterocycles. The summed E-state index contributed by atoms with van der Waals surface area (Å²) in [5.74, 6) is -15.7. The minimum absolute atomic E-state index is 0. The van der Waals surface area contributed by atoms with Gasteiger partial charge >= 0.3 is 0 Å². The molecule has 12 rings (SSSR count). The minimum Gasteiger partial charge on any atom is -0.534 e. The Morgan fingerprint density at radius 3 is 2.04 bits per heavy atom. The third-order valence-corrected chi connectivity index (χ3v) is 21.9. The molecule has 0 saturated carbocycles. The van der Waals surface area contributed by atoms with Crippen molar-refractivity contribution in [1.29, 1.82) is 0 Å². The van der Waals surface area contributed by atoms with Gasteiger partial charge in [-0.25, -0.2) is 0 Å². The van der Waals surface area contributed by atoms with Crippen LogP contribution in [0, 0.1) is 17.9 Å². The molecule has 7 aliphatic rings. The molecule has 9 unspecified atom stereocenters. The van der Waals surface area contributed by atoms with Crippen molar-refractivity contribution in [2.45, 2.75) is 228 Å². The van der Waals surface area contributed by atoms with E-state index in [1.54, 1.807) is 13.8 Å². The smallest absolute Gasteiger partial charge is 0.243 e. The fraction of sp³-hybridized carbons (Fsp3) is 0.531. The van der Waals surface area contributed by atoms with Crippen molar-refractivity contribution in [3.05, 3.63) is 117 Å². The number of aromatic hydroxyl groups is 3. The summed E-state index contributed by atoms with van der Waals surface area (Å²) in [4.78, 5) is 119. The van der Waals surface area contributed by atoms with Crippen molar-refractivity contribution in [3.63, 3.8) is 0 Å². The van der Waals surface area contributed by atoms with Gasteiger partial charge in [0.05, 0.1) is 52.8 Å². The molecular formula is C81H105Cl2N8O23Y-. The van der Waals surface area contributed by atoms with E-state index < -0.39 is 217 Å². The Bertz CT molecular complexity index is 4300. The number of aliphatic hydroxyl groups is 5. The Hall–Kier alpha value is -7.54. The van der Waals surface area contributed by atoms with Gasteiger partial charge < -0.3 is 118 Å². The van der Waals surface area contributed by atoms with Crippen LogP contribution >= 0.6 is 23.2 Å². The SMILES string of the molecule is CCCCCCCCCCNCCNC1(C)CC(OC2C(Oc3c4cc5cc3Oc3ccc(cc3Cl)[C@@H](O)[C@@H](NC(=O)[C@@H](CC(C)C)NC)C(=O)C[C@@H](CC(N)=O)C(=O)N[C@H]5C(=O)C[C@H]3C(=O)N[C@@H](Cc5ccc(c(Cl)c5)O4)C(=O)N[C@H](C(C)=O)c4cc(O)[c-]c(O)c4-c4cc3ccc4O)OC(CO)C(O)C2O)OC(C)C1O.O.[Y]. The number of nitrogens with one attached hydrogen (secondary N) is 7. The number of hydrogen-bond acceptors (Lipinski definition) is 25. The number of halogens is 2. The summed E-state index contributed by atoms with van der Waals surface area (Å²) in [6.07, 6.45) is -8.24. The second-order valence-corrected chi connectivity index (χ2v) is 31.3. The number of benzene rings is 5. The Morgan fingerprint density at radius 1 is 0.748 bits per heavy atom. The third-order valence-electron chi connectivity index (χ3n) is 21.3. The molecule has 2 fully saturated rings. The first-order valence-corrected chi connectivity index (χ1v) is 39.1. The molecule has 7 heterocycles. The Kier molecular flexibility index (Phi) is 33.7. The van der Waals surface area contributed by atoms with E-state index in [1.165, 1.54) is 99.8 Å². The standard InChI is InChI=1S/C81H103Cl2N8O22.H2O.Y/c1-8-9-10-11-12-13-14-15-22-86-23-24-87-81(6)37-65(108-41(5)75(81)103)112-74-72(102)71(101)63(38-92)111-80(74)113-73-61-31-45-32-62(73)110-60-21-18-44(29-52(60)83)70(100)69(91-78(106)53(85-7)25-39(2)3)57(97)30-46(33-64(84)99)76(104)90-68(45)58(98)36-48-43-17-19-55(95)49(28-43)66-50(34-47(94)35-56(66)96)67(40(4)93)89-79(107)54(88-77(48)105)27-42-16-20-59(109-61)51(82)26-42;;/h16-21,26,28-29,31-32,34,39,41,46,48,53-54,63,65,67-72,74-75,80,85-87,92,94-96,100-103H,8-15,22-25,27,30,33,36-38H2,1-7H3,(H2,84,99)(H,88,105)(H,89,107)(H,90,104)(H,91,106);1H2;/q-1;;/t41?,46-,48+,53+,54-,63?,65?,67+,68+,69-,70+,71?,72?,74?,75?,80?,81?;;/m0../s1. The maximum atomic E-state index is 16.3. The number of carbonyl (C=O) groups excluding carboxylic acids is 8. The van der Waals surface area contributed by atoms with Crippen LogP contribution < -0.4 is 57.2 Å². The van der Waals surface area contributed by atoms with Crippen LogP contribution in [0.3, 0.4) is 0 Å². The number of hydrogen-bond donors (Lipinski definition) is 16. The molecule has 625 valence electrons. The average Bonchev–Trinajstić information content (AvgIpc) is 0.771. The van der Waals surface area contributed by atoms with Gasteiger partial charge in [0.25, 0.3) is 0 Å². The molecule has 11 bridgehead atoms. The average molecular weight is 1720 g/mol. The number of likely N-dealkylation sites (N-methyl/N-ethyl adjacent to an activating group) is 1. The summed E-state index contributed by atoms with van der Waals surface area (Å²) >= 11 is 14.4. The molecule has 0 spiro atoms. The number of phenols is 3. The molecule has 31 nitrogen and oxygen atoms in total. The summed E-state index contributed by atoms with van der Waals surface area (Å²) < 4.78 is 39.7. The Balaban J connectivity index is 0.00000827. The maximum absolute atomic E-state index is 16.3. The normalized spacial score (nSPS) is 26.6. The zero-order chi connectivity index (χ0) is 81.9. The van der Waals surface area contributed by atoms with Crippen molar-refractivity contribution in [2.75, 3.05) is 33.3 Å². The molecular weight excluding hydrogens is 1610 g/mol. The fourth-order valence-electron chi connectivity index (χ4n) is 15.1. The quantitative estimate of drug-likeness (QED) is 0.0242. The number of unbranched alkanes of at least 4 members (excludes halogenated alkanes) is 7. The predicted molar refractivity (Wildman–Crippen MR) is 415 cm³/mol. The predicted octanol–water partition coefficient (Wildman–Crippen LogP) is 5.43. The van der Waals surface area contributed by atoms with Crippen LogP contribution in [0.2, 0.25) is 10.0 Å². The molecule has 5 aromatic rings. The number of aliphatic hydroxyl groups excluding tert-OH is 5. The fourth-order valence-corrected chi connectivity index (χ4v) is 15.6. The summed E-state index contributed by atoms with van der Waals surface area (Å²) in [5, 5.41) is 113. The van der Waals surface area contributed by atoms with Gasteiger partial charge in [-0.2, -0.15) is 0 Å². The van der Waals surface area contributed by atoms with E-state index in [9.17, 15) is 55.2 Å². The second-order valence-electron chi connectivity index (χ2n) is 30.5. The summed E-state index contributed by atoms with van der Waals surface area (Å²) in [6, 6.07) is 9.04. The molecule has 17 atom stereocenters. The minimum atomic E-state index is -2.12. The third kappa shape index (κ3) is 22.9. The van der Waals surface area contributed by atoms with Gasteiger partial charge in [-0.3, -0.25) is 38.4 Å². The van der Waals surface area contributed by atoms with Gasteiger partial charge in [0.2, 0.25) is 41.6 Å². The van der Waals surface area contributed by atoms with Gasteiger partial charge in [-0.1, -0.05) is 125 Å². The van der Waals surface area contributed by atoms with Crippen LogP contribution in [-0.4, -0.2) is 199 Å². The maximum Gasteiger partial charge on any atom is 0.243 e. The summed E-state index contributed by atoms with van der Waals surface area (Å²) in [6.45, 7) is 11.2. The summed E-state index contributed by atoms with van der Waals surface area (Å²) in [7, 11) is 1.52. The van der Waals surface area contributed by atoms with Gasteiger partial charge in [0, 0.05) is 94.9 Å². The van der Waals surface area contributed by atoms with Crippen LogP contribution in [0.5, 0.6) is 46.0 Å². The van der Waals surface area contributed by atoms with Gasteiger partial charge in [-0.05, 0) is 123 Å². The van der Waals surface area contributed by atoms with Gasteiger partial charge in [0.1, 0.15) is 59.8 Å². The van der Waals surface area contributed by atoms with Crippen LogP contribution in [0.4, 0.5) is 0 Å². The number of rotatable bonds is 26. The number of nitrogens with two attached hydrogens (primary N) is 1. The first-order valence-electron chi connectivity index (χ1n) is 38.4. The molecule has 19 N–H and O–H groups in total. The summed E-state index contributed by atoms with van der Waals surface area (Å²) in [5.41, 5.74) is 3.68. The zero-order valence-corrected chi connectivity index (χ0v) is 69.5. The number of phenolic OH excluding ortho intramolecular Hbond substituents is 3. The van der Waals surface area contributed by atoms with Crippen molar-refractivity contribution in [3.8, 4) is 57.1 Å². The van der Waals surface area contributed by atoms with Crippen LogP contribution in [0.25, 0.3) is 11.1 Å². The molecule has 2 saturated heterocycles. The number of ketones is 3. The van der Waals surface area contributed by atoms with E-state index in [0.29, 0.717) is 13.1 Å². The van der Waals surface area contributed by atoms with Crippen LogP contribution in [-0.2, 0) is 91.7 Å². The van der Waals surface area contributed by atoms with E-state index in [0.717, 1.165) is 44.9 Å². The van der Waals surface area contributed by atoms with E-state index in [-0.39, 0.29) is 117 Å². The van der Waals surface area contributed by atoms with Crippen LogP contribution in [0.15, 0.2) is 72.8 Å². The molecule has 34 heteroatoms. The molecule has 115 heavy (non-hydrogen) atoms. The molecule has 5 amide bonds. The number of primary amides is 1. The van der Waals surface area contributed by atoms with E-state index >= 15 is 24.0 Å². The van der Waals surface area contributed by atoms with E-state index in [2.05, 4.69) is 50.2 Å². The number of fused-ring (bicyclic) bond motifs is 15. The molecule has 1 radical (unpaired) electrons. The zero-order valence-electron chi connectivity index (χ0n) is 65.2. The second kappa shape index (κ2) is 41.7.